The second kappa shape index (κ2) is 7.50. The van der Waals surface area contributed by atoms with Gasteiger partial charge in [0.05, 0.1) is 0 Å². The highest BCUT2D eigenvalue weighted by molar-refractivity contribution is 5.68. The van der Waals surface area contributed by atoms with E-state index in [1.165, 1.54) is 0 Å². The van der Waals surface area contributed by atoms with Crippen LogP contribution in [0.4, 0.5) is 4.79 Å². The highest BCUT2D eigenvalue weighted by atomic mass is 16.6. The fraction of sp³-hybridized carbons (Fsp3) is 0.867. The first-order valence-corrected chi connectivity index (χ1v) is 7.51. The van der Waals surface area contributed by atoms with Crippen molar-refractivity contribution in [2.45, 2.75) is 77.4 Å². The third-order valence-corrected chi connectivity index (χ3v) is 3.43. The SMILES string of the molecule is CC(C)(C)OC(=O)N1CCCCC1CCCCC(=O)O. The van der Waals surface area contributed by atoms with Gasteiger partial charge < -0.3 is 14.7 Å². The first-order chi connectivity index (χ1) is 9.29. The van der Waals surface area contributed by atoms with Crippen LogP contribution in [-0.4, -0.2) is 40.3 Å². The lowest BCUT2D eigenvalue weighted by atomic mass is 9.97. The molecule has 0 aromatic heterocycles. The number of carbonyl (C=O) groups excluding carboxylic acids is 1. The standard InChI is InChI=1S/C15H27NO4/c1-15(2,3)20-14(19)16-11-7-6-9-12(16)8-4-5-10-13(17)18/h12H,4-11H2,1-3H3,(H,17,18). The number of piperidine rings is 1. The van der Waals surface area contributed by atoms with Gasteiger partial charge in [0.15, 0.2) is 0 Å². The third-order valence-electron chi connectivity index (χ3n) is 3.43. The van der Waals surface area contributed by atoms with Gasteiger partial charge in [-0.25, -0.2) is 4.79 Å². The van der Waals surface area contributed by atoms with Crippen molar-refractivity contribution in [3.63, 3.8) is 0 Å². The highest BCUT2D eigenvalue weighted by Gasteiger charge is 2.29. The second-order valence-corrected chi connectivity index (χ2v) is 6.46. The molecular weight excluding hydrogens is 258 g/mol. The van der Waals surface area contributed by atoms with Crippen LogP contribution in [0.5, 0.6) is 0 Å². The molecule has 0 radical (unpaired) electrons. The number of unbranched alkanes of at least 4 members (excludes halogenated alkanes) is 1. The van der Waals surface area contributed by atoms with Crippen LogP contribution in [0, 0.1) is 0 Å². The zero-order chi connectivity index (χ0) is 15.2. The average Bonchev–Trinajstić information content (AvgIpc) is 2.32. The lowest BCUT2D eigenvalue weighted by Gasteiger charge is -2.36. The normalized spacial score (nSPS) is 19.8. The molecule has 20 heavy (non-hydrogen) atoms. The Labute approximate surface area is 121 Å². The van der Waals surface area contributed by atoms with E-state index in [9.17, 15) is 9.59 Å². The van der Waals surface area contributed by atoms with Crippen LogP contribution in [0.1, 0.15) is 65.7 Å². The molecule has 1 amide bonds. The molecule has 116 valence electrons. The molecule has 0 bridgehead atoms. The minimum Gasteiger partial charge on any atom is -0.481 e. The summed E-state index contributed by atoms with van der Waals surface area (Å²) in [5.41, 5.74) is -0.470. The Morgan fingerprint density at radius 3 is 2.55 bits per heavy atom. The molecule has 1 unspecified atom stereocenters. The van der Waals surface area contributed by atoms with Crippen molar-refractivity contribution in [3.8, 4) is 0 Å². The fourth-order valence-electron chi connectivity index (χ4n) is 2.52. The van der Waals surface area contributed by atoms with Gasteiger partial charge in [-0.3, -0.25) is 4.79 Å². The van der Waals surface area contributed by atoms with E-state index in [4.69, 9.17) is 9.84 Å². The van der Waals surface area contributed by atoms with Crippen molar-refractivity contribution in [2.24, 2.45) is 0 Å². The molecular formula is C15H27NO4. The summed E-state index contributed by atoms with van der Waals surface area (Å²) in [6.07, 6.45) is 5.50. The minimum atomic E-state index is -0.752. The van der Waals surface area contributed by atoms with E-state index in [0.717, 1.165) is 38.6 Å². The molecule has 0 aromatic rings. The molecule has 0 aliphatic carbocycles. The Morgan fingerprint density at radius 1 is 1.25 bits per heavy atom. The second-order valence-electron chi connectivity index (χ2n) is 6.46. The van der Waals surface area contributed by atoms with Crippen LogP contribution in [-0.2, 0) is 9.53 Å². The third kappa shape index (κ3) is 6.26. The van der Waals surface area contributed by atoms with E-state index in [1.807, 2.05) is 25.7 Å². The number of hydrogen-bond donors (Lipinski definition) is 1. The number of likely N-dealkylation sites (tertiary alicyclic amines) is 1. The minimum absolute atomic E-state index is 0.201. The quantitative estimate of drug-likeness (QED) is 0.786. The van der Waals surface area contributed by atoms with E-state index in [0.29, 0.717) is 6.42 Å². The average molecular weight is 285 g/mol. The molecule has 1 rings (SSSR count). The summed E-state index contributed by atoms with van der Waals surface area (Å²) in [5, 5.41) is 8.63. The van der Waals surface area contributed by atoms with Crippen LogP contribution in [0.25, 0.3) is 0 Å². The van der Waals surface area contributed by atoms with Crippen LogP contribution in [0.2, 0.25) is 0 Å². The van der Waals surface area contributed by atoms with Gasteiger partial charge in [0.25, 0.3) is 0 Å². The Kier molecular flexibility index (Phi) is 6.30. The maximum absolute atomic E-state index is 12.2. The lowest BCUT2D eigenvalue weighted by Crippen LogP contribution is -2.46. The molecule has 1 aliphatic rings. The zero-order valence-electron chi connectivity index (χ0n) is 12.9. The van der Waals surface area contributed by atoms with Gasteiger partial charge in [0.1, 0.15) is 5.60 Å². The van der Waals surface area contributed by atoms with Crippen LogP contribution in [0.3, 0.4) is 0 Å². The number of carboxylic acid groups (broad SMARTS) is 1. The molecule has 0 saturated carbocycles. The molecule has 5 heteroatoms. The van der Waals surface area contributed by atoms with E-state index in [-0.39, 0.29) is 18.6 Å². The molecule has 1 heterocycles. The number of hydrogen-bond acceptors (Lipinski definition) is 3. The topological polar surface area (TPSA) is 66.8 Å². The number of carbonyl (C=O) groups is 2. The first-order valence-electron chi connectivity index (χ1n) is 7.51. The molecule has 1 N–H and O–H groups in total. The Morgan fingerprint density at radius 2 is 1.95 bits per heavy atom. The number of ether oxygens (including phenoxy) is 1. The summed E-state index contributed by atoms with van der Waals surface area (Å²) < 4.78 is 5.44. The first kappa shape index (κ1) is 16.8. The van der Waals surface area contributed by atoms with Gasteiger partial charge in [0, 0.05) is 19.0 Å². The maximum atomic E-state index is 12.2. The zero-order valence-corrected chi connectivity index (χ0v) is 12.9. The summed E-state index contributed by atoms with van der Waals surface area (Å²) in [6.45, 7) is 6.36. The number of amides is 1. The van der Waals surface area contributed by atoms with E-state index < -0.39 is 11.6 Å². The van der Waals surface area contributed by atoms with Crippen LogP contribution >= 0.6 is 0 Å². The summed E-state index contributed by atoms with van der Waals surface area (Å²) in [6, 6.07) is 0.201. The van der Waals surface area contributed by atoms with Crippen molar-refractivity contribution in [1.82, 2.24) is 4.90 Å². The monoisotopic (exact) mass is 285 g/mol. The van der Waals surface area contributed by atoms with Crippen molar-refractivity contribution in [1.29, 1.82) is 0 Å². The molecule has 5 nitrogen and oxygen atoms in total. The molecule has 1 atom stereocenters. The summed E-state index contributed by atoms with van der Waals surface area (Å²) in [4.78, 5) is 24.5. The van der Waals surface area contributed by atoms with Gasteiger partial charge in [-0.05, 0) is 52.9 Å². The van der Waals surface area contributed by atoms with Crippen molar-refractivity contribution in [3.05, 3.63) is 0 Å². The predicted molar refractivity (Wildman–Crippen MR) is 76.7 cm³/mol. The van der Waals surface area contributed by atoms with Crippen molar-refractivity contribution >= 4 is 12.1 Å². The van der Waals surface area contributed by atoms with E-state index in [1.54, 1.807) is 0 Å². The molecule has 1 saturated heterocycles. The highest BCUT2D eigenvalue weighted by Crippen LogP contribution is 2.24. The summed E-state index contributed by atoms with van der Waals surface area (Å²) >= 11 is 0. The molecule has 0 aromatic carbocycles. The maximum Gasteiger partial charge on any atom is 0.410 e. The molecule has 1 fully saturated rings. The van der Waals surface area contributed by atoms with Gasteiger partial charge >= 0.3 is 12.1 Å². The molecule has 0 spiro atoms. The number of carboxylic acids is 1. The van der Waals surface area contributed by atoms with Gasteiger partial charge in [-0.2, -0.15) is 0 Å². The summed E-state index contributed by atoms with van der Waals surface area (Å²) in [7, 11) is 0. The predicted octanol–water partition coefficient (Wildman–Crippen LogP) is 3.42. The Bertz CT molecular complexity index is 335. The molecule has 1 aliphatic heterocycles. The number of rotatable bonds is 5. The van der Waals surface area contributed by atoms with Crippen LogP contribution in [0.15, 0.2) is 0 Å². The Balaban J connectivity index is 2.45. The number of aliphatic carboxylic acids is 1. The van der Waals surface area contributed by atoms with E-state index in [2.05, 4.69) is 0 Å². The summed E-state index contributed by atoms with van der Waals surface area (Å²) in [5.74, 6) is -0.752. The largest absolute Gasteiger partial charge is 0.481 e. The van der Waals surface area contributed by atoms with E-state index >= 15 is 0 Å². The van der Waals surface area contributed by atoms with Crippen molar-refractivity contribution in [2.75, 3.05) is 6.54 Å². The lowest BCUT2D eigenvalue weighted by molar-refractivity contribution is -0.137. The Hall–Kier alpha value is -1.26. The van der Waals surface area contributed by atoms with Crippen molar-refractivity contribution < 1.29 is 19.4 Å². The van der Waals surface area contributed by atoms with Gasteiger partial charge in [-0.15, -0.1) is 0 Å². The van der Waals surface area contributed by atoms with Gasteiger partial charge in [0.2, 0.25) is 0 Å². The van der Waals surface area contributed by atoms with Crippen LogP contribution < -0.4 is 0 Å². The fourth-order valence-corrected chi connectivity index (χ4v) is 2.52. The smallest absolute Gasteiger partial charge is 0.410 e. The number of nitrogens with zero attached hydrogens (tertiary/aromatic N) is 1. The van der Waals surface area contributed by atoms with Gasteiger partial charge in [-0.1, -0.05) is 6.42 Å².